The summed E-state index contributed by atoms with van der Waals surface area (Å²) in [4.78, 5) is 19.0. The molecule has 0 saturated carbocycles. The quantitative estimate of drug-likeness (QED) is 0.130. The fourth-order valence-corrected chi connectivity index (χ4v) is 5.01. The maximum Gasteiger partial charge on any atom is 0.446 e. The summed E-state index contributed by atoms with van der Waals surface area (Å²) in [5.41, 5.74) is 20.8. The first-order valence-electron chi connectivity index (χ1n) is 14.9. The number of likely N-dealkylation sites (tertiary alicyclic amines) is 2. The molecule has 0 radical (unpaired) electrons. The number of halogens is 7. The Morgan fingerprint density at radius 1 is 0.667 bits per heavy atom. The monoisotopic (exact) mass is 704 g/mol. The van der Waals surface area contributed by atoms with Gasteiger partial charge in [0.05, 0.1) is 11.4 Å². The lowest BCUT2D eigenvalue weighted by molar-refractivity contribution is -0.0442. The molecule has 0 amide bonds. The van der Waals surface area contributed by atoms with E-state index >= 15 is 0 Å². The predicted molar refractivity (Wildman–Crippen MR) is 176 cm³/mol. The number of piperidine rings is 2. The van der Waals surface area contributed by atoms with Gasteiger partial charge in [-0.2, -0.15) is 23.2 Å². The number of nitrogens with two attached hydrogens (primary N) is 4. The number of rotatable bonds is 4. The van der Waals surface area contributed by atoms with Gasteiger partial charge in [-0.05, 0) is 59.6 Å². The molecule has 8 N–H and O–H groups in total. The van der Waals surface area contributed by atoms with Gasteiger partial charge in [-0.25, -0.2) is 27.5 Å². The SMILES string of the molecule is CC(C)c1ccc(N=C(N)N=C(N)N2CCC(F)(F)CC2)cc1.NC(=Nc1ccc(SC(F)(F)F)cc1)N=C(N)N1CCC(F)(F)CC1. The van der Waals surface area contributed by atoms with Crippen molar-refractivity contribution in [3.05, 3.63) is 54.1 Å². The van der Waals surface area contributed by atoms with Gasteiger partial charge in [-0.15, -0.1) is 0 Å². The molecule has 10 nitrogen and oxygen atoms in total. The molecular formula is C30H39F7N10S. The Balaban J connectivity index is 0.000000261. The van der Waals surface area contributed by atoms with Crippen LogP contribution in [0, 0.1) is 0 Å². The molecule has 2 heterocycles. The molecular weight excluding hydrogens is 665 g/mol. The smallest absolute Gasteiger partial charge is 0.369 e. The number of benzene rings is 2. The van der Waals surface area contributed by atoms with Gasteiger partial charge in [0, 0.05) is 56.8 Å². The molecule has 18 heteroatoms. The van der Waals surface area contributed by atoms with Gasteiger partial charge in [0.25, 0.3) is 11.8 Å². The number of guanidine groups is 4. The molecule has 0 spiro atoms. The minimum absolute atomic E-state index is 0.0112. The summed E-state index contributed by atoms with van der Waals surface area (Å²) < 4.78 is 89.2. The topological polar surface area (TPSA) is 160 Å². The first kappa shape index (κ1) is 38.2. The fraction of sp³-hybridized carbons (Fsp3) is 0.467. The van der Waals surface area contributed by atoms with Gasteiger partial charge in [-0.3, -0.25) is 0 Å². The first-order valence-corrected chi connectivity index (χ1v) is 15.7. The molecule has 2 aliphatic heterocycles. The van der Waals surface area contributed by atoms with Crippen molar-refractivity contribution in [2.75, 3.05) is 26.2 Å². The van der Waals surface area contributed by atoms with E-state index in [0.717, 1.165) is 0 Å². The maximum atomic E-state index is 13.1. The van der Waals surface area contributed by atoms with Gasteiger partial charge in [-0.1, -0.05) is 26.0 Å². The molecule has 0 aromatic heterocycles. The summed E-state index contributed by atoms with van der Waals surface area (Å²) >= 11 is -0.238. The van der Waals surface area contributed by atoms with E-state index in [0.29, 0.717) is 17.3 Å². The van der Waals surface area contributed by atoms with E-state index in [2.05, 4.69) is 33.8 Å². The lowest BCUT2D eigenvalue weighted by Gasteiger charge is -2.32. The second kappa shape index (κ2) is 16.3. The van der Waals surface area contributed by atoms with Crippen molar-refractivity contribution >= 4 is 47.0 Å². The highest BCUT2D eigenvalue weighted by molar-refractivity contribution is 8.00. The van der Waals surface area contributed by atoms with E-state index in [1.807, 2.05) is 24.3 Å². The number of hydrogen-bond acceptors (Lipinski definition) is 3. The fourth-order valence-electron chi connectivity index (χ4n) is 4.47. The second-order valence-electron chi connectivity index (χ2n) is 11.4. The van der Waals surface area contributed by atoms with Crippen molar-refractivity contribution in [3.8, 4) is 0 Å². The molecule has 2 aromatic carbocycles. The normalized spacial score (nSPS) is 19.2. The summed E-state index contributed by atoms with van der Waals surface area (Å²) in [7, 11) is 0. The van der Waals surface area contributed by atoms with Gasteiger partial charge in [0.2, 0.25) is 11.9 Å². The van der Waals surface area contributed by atoms with Crippen molar-refractivity contribution in [2.45, 2.75) is 67.7 Å². The highest BCUT2D eigenvalue weighted by Crippen LogP contribution is 2.37. The highest BCUT2D eigenvalue weighted by Gasteiger charge is 2.35. The largest absolute Gasteiger partial charge is 0.446 e. The highest BCUT2D eigenvalue weighted by atomic mass is 32.2. The summed E-state index contributed by atoms with van der Waals surface area (Å²) in [5.74, 6) is -4.98. The Bertz CT molecular complexity index is 1450. The van der Waals surface area contributed by atoms with Gasteiger partial charge >= 0.3 is 5.51 Å². The standard InChI is InChI=1S/C16H23F2N5.C14H16F5N5S/c1-11(2)12-3-5-13(6-4-12)21-14(19)22-15(20)23-9-7-16(17,18)8-10-23;15-13(16)5-7-24(8-6-13)12(21)23-11(20)22-9-1-3-10(4-2-9)25-14(17,18)19/h3-6,11H,7-10H2,1-2H3,(H4,19,20,21,22);1-4H,5-8H2,(H4,20,21,22,23). The van der Waals surface area contributed by atoms with Crippen molar-refractivity contribution in [2.24, 2.45) is 42.9 Å². The van der Waals surface area contributed by atoms with Gasteiger partial charge in [0.15, 0.2) is 11.9 Å². The second-order valence-corrected chi connectivity index (χ2v) is 12.5. The molecule has 264 valence electrons. The summed E-state index contributed by atoms with van der Waals surface area (Å²) in [5, 5.41) is 0. The average Bonchev–Trinajstić information content (AvgIpc) is 2.97. The molecule has 0 aliphatic carbocycles. The summed E-state index contributed by atoms with van der Waals surface area (Å²) in [6.45, 7) is 4.66. The Hall–Kier alpha value is -4.22. The lowest BCUT2D eigenvalue weighted by Crippen LogP contribution is -2.46. The number of nitrogens with zero attached hydrogens (tertiary/aromatic N) is 6. The third kappa shape index (κ3) is 13.1. The van der Waals surface area contributed by atoms with E-state index < -0.39 is 17.4 Å². The number of hydrogen-bond donors (Lipinski definition) is 4. The molecule has 2 fully saturated rings. The van der Waals surface area contributed by atoms with Crippen molar-refractivity contribution in [3.63, 3.8) is 0 Å². The maximum absolute atomic E-state index is 13.1. The van der Waals surface area contributed by atoms with E-state index in [1.54, 1.807) is 4.90 Å². The van der Waals surface area contributed by atoms with Gasteiger partial charge in [0.1, 0.15) is 0 Å². The van der Waals surface area contributed by atoms with Crippen LogP contribution < -0.4 is 22.9 Å². The minimum Gasteiger partial charge on any atom is -0.369 e. The van der Waals surface area contributed by atoms with E-state index in [4.69, 9.17) is 22.9 Å². The minimum atomic E-state index is -4.37. The third-order valence-corrected chi connectivity index (χ3v) is 7.95. The first-order chi connectivity index (χ1) is 22.3. The Morgan fingerprint density at radius 3 is 1.35 bits per heavy atom. The van der Waals surface area contributed by atoms with Crippen molar-refractivity contribution in [1.82, 2.24) is 9.80 Å². The van der Waals surface area contributed by atoms with Crippen LogP contribution in [0.5, 0.6) is 0 Å². The van der Waals surface area contributed by atoms with E-state index in [9.17, 15) is 30.7 Å². The average molecular weight is 705 g/mol. The van der Waals surface area contributed by atoms with Crippen molar-refractivity contribution in [1.29, 1.82) is 0 Å². The van der Waals surface area contributed by atoms with Crippen molar-refractivity contribution < 1.29 is 30.7 Å². The lowest BCUT2D eigenvalue weighted by atomic mass is 10.0. The van der Waals surface area contributed by atoms with Crippen LogP contribution in [0.25, 0.3) is 0 Å². The van der Waals surface area contributed by atoms with Crippen LogP contribution in [0.1, 0.15) is 51.0 Å². The van der Waals surface area contributed by atoms with Crippen LogP contribution in [0.3, 0.4) is 0 Å². The zero-order chi connectivity index (χ0) is 35.7. The summed E-state index contributed by atoms with van der Waals surface area (Å²) in [6.07, 6.45) is -1.09. The Morgan fingerprint density at radius 2 is 1.02 bits per heavy atom. The molecule has 2 saturated heterocycles. The number of aliphatic imine (C=N–C) groups is 4. The summed E-state index contributed by atoms with van der Waals surface area (Å²) in [6, 6.07) is 12.9. The molecule has 0 atom stereocenters. The van der Waals surface area contributed by atoms with Crippen LogP contribution in [0.4, 0.5) is 42.1 Å². The molecule has 48 heavy (non-hydrogen) atoms. The van der Waals surface area contributed by atoms with Crippen LogP contribution in [-0.4, -0.2) is 77.2 Å². The zero-order valence-electron chi connectivity index (χ0n) is 26.4. The van der Waals surface area contributed by atoms with Crippen LogP contribution in [0.15, 0.2) is 73.4 Å². The number of alkyl halides is 7. The molecule has 2 aromatic rings. The van der Waals surface area contributed by atoms with Crippen LogP contribution >= 0.6 is 11.8 Å². The van der Waals surface area contributed by atoms with E-state index in [-0.39, 0.29) is 92.4 Å². The Kier molecular flexibility index (Phi) is 12.9. The third-order valence-electron chi connectivity index (χ3n) is 7.21. The Labute approximate surface area is 278 Å². The molecule has 4 rings (SSSR count). The number of thioether (sulfide) groups is 1. The van der Waals surface area contributed by atoms with Gasteiger partial charge < -0.3 is 32.7 Å². The van der Waals surface area contributed by atoms with Crippen LogP contribution in [-0.2, 0) is 0 Å². The molecule has 0 unspecified atom stereocenters. The van der Waals surface area contributed by atoms with Crippen LogP contribution in [0.2, 0.25) is 0 Å². The predicted octanol–water partition coefficient (Wildman–Crippen LogP) is 6.09. The molecule has 2 aliphatic rings. The zero-order valence-corrected chi connectivity index (χ0v) is 27.2. The molecule has 0 bridgehead atoms. The van der Waals surface area contributed by atoms with E-state index in [1.165, 1.54) is 34.7 Å².